The van der Waals surface area contributed by atoms with Crippen molar-refractivity contribution < 1.29 is 19.0 Å². The number of methoxy groups -OCH3 is 1. The van der Waals surface area contributed by atoms with Crippen LogP contribution in [0.3, 0.4) is 0 Å². The summed E-state index contributed by atoms with van der Waals surface area (Å²) in [7, 11) is 1.69. The number of piperidine rings is 1. The van der Waals surface area contributed by atoms with E-state index in [0.717, 1.165) is 44.6 Å². The number of nitrogens with two attached hydrogens (primary N) is 1. The lowest BCUT2D eigenvalue weighted by Gasteiger charge is -2.38. The molecule has 0 saturated carbocycles. The van der Waals surface area contributed by atoms with Crippen LogP contribution in [0.25, 0.3) is 0 Å². The summed E-state index contributed by atoms with van der Waals surface area (Å²) in [5.74, 6) is 0.358. The van der Waals surface area contributed by atoms with Gasteiger partial charge in [0.15, 0.2) is 0 Å². The summed E-state index contributed by atoms with van der Waals surface area (Å²) in [5.41, 5.74) is 7.80. The highest BCUT2D eigenvalue weighted by Crippen LogP contribution is 2.38. The van der Waals surface area contributed by atoms with Crippen LogP contribution >= 0.6 is 11.6 Å². The van der Waals surface area contributed by atoms with Crippen molar-refractivity contribution >= 4 is 23.2 Å². The molecular weight excluding hydrogens is 394 g/mol. The third-order valence-electron chi connectivity index (χ3n) is 5.55. The maximum absolute atomic E-state index is 13.0. The monoisotopic (exact) mass is 425 g/mol. The van der Waals surface area contributed by atoms with Crippen LogP contribution in [0.4, 0.5) is 5.69 Å². The SMILES string of the molecule is CO[C@H]1CN(CCCOC(C)C)CC[C@H]1NC(=O)c1cc(Cl)c(N)c2c1OCC2. The molecule has 1 aromatic carbocycles. The third kappa shape index (κ3) is 5.34. The fourth-order valence-electron chi connectivity index (χ4n) is 3.98. The first-order valence-corrected chi connectivity index (χ1v) is 10.7. The maximum Gasteiger partial charge on any atom is 0.255 e. The Labute approximate surface area is 177 Å². The lowest BCUT2D eigenvalue weighted by molar-refractivity contribution is 0.00174. The van der Waals surface area contributed by atoms with Crippen LogP contribution in [0.2, 0.25) is 5.02 Å². The van der Waals surface area contributed by atoms with Crippen molar-refractivity contribution in [3.05, 3.63) is 22.2 Å². The normalized spacial score (nSPS) is 21.8. The molecule has 0 radical (unpaired) electrons. The van der Waals surface area contributed by atoms with Crippen molar-refractivity contribution in [1.29, 1.82) is 0 Å². The van der Waals surface area contributed by atoms with Crippen molar-refractivity contribution in [3.63, 3.8) is 0 Å². The summed E-state index contributed by atoms with van der Waals surface area (Å²) >= 11 is 6.24. The first kappa shape index (κ1) is 22.2. The summed E-state index contributed by atoms with van der Waals surface area (Å²) < 4.78 is 17.0. The Morgan fingerprint density at radius 1 is 1.48 bits per heavy atom. The van der Waals surface area contributed by atoms with E-state index in [4.69, 9.17) is 31.5 Å². The number of hydrogen-bond acceptors (Lipinski definition) is 6. The molecule has 0 spiro atoms. The molecule has 1 amide bonds. The van der Waals surface area contributed by atoms with Crippen LogP contribution in [0.15, 0.2) is 6.07 Å². The standard InChI is InChI=1S/C21H32ClN3O4/c1-13(2)28-9-4-7-25-8-5-17(18(12-25)27-3)24-21(26)15-11-16(22)19(23)14-6-10-29-20(14)15/h11,13,17-18H,4-10,12,23H2,1-3H3,(H,24,26)/t17-,18+/m1/s1. The number of fused-ring (bicyclic) bond motifs is 1. The second kappa shape index (κ2) is 9.98. The van der Waals surface area contributed by atoms with E-state index < -0.39 is 0 Å². The molecular formula is C21H32ClN3O4. The van der Waals surface area contributed by atoms with Gasteiger partial charge in [0.25, 0.3) is 5.91 Å². The van der Waals surface area contributed by atoms with Gasteiger partial charge >= 0.3 is 0 Å². The molecule has 8 heteroatoms. The fraction of sp³-hybridized carbons (Fsp3) is 0.667. The van der Waals surface area contributed by atoms with Gasteiger partial charge in [-0.2, -0.15) is 0 Å². The Morgan fingerprint density at radius 3 is 3.00 bits per heavy atom. The second-order valence-corrected chi connectivity index (χ2v) is 8.35. The Balaban J connectivity index is 1.59. The van der Waals surface area contributed by atoms with Crippen LogP contribution in [0.1, 0.15) is 42.6 Å². The van der Waals surface area contributed by atoms with Gasteiger partial charge in [0.2, 0.25) is 0 Å². The van der Waals surface area contributed by atoms with E-state index >= 15 is 0 Å². The molecule has 29 heavy (non-hydrogen) atoms. The number of anilines is 1. The summed E-state index contributed by atoms with van der Waals surface area (Å²) in [4.78, 5) is 15.3. The number of hydrogen-bond donors (Lipinski definition) is 2. The highest BCUT2D eigenvalue weighted by molar-refractivity contribution is 6.33. The Kier molecular flexibility index (Phi) is 7.62. The highest BCUT2D eigenvalue weighted by atomic mass is 35.5. The summed E-state index contributed by atoms with van der Waals surface area (Å²) in [6.07, 6.45) is 2.66. The molecule has 7 nitrogen and oxygen atoms in total. The molecule has 1 saturated heterocycles. The quantitative estimate of drug-likeness (QED) is 0.491. The van der Waals surface area contributed by atoms with Crippen LogP contribution in [0, 0.1) is 0 Å². The van der Waals surface area contributed by atoms with Gasteiger partial charge in [0.05, 0.1) is 41.1 Å². The lowest BCUT2D eigenvalue weighted by Crippen LogP contribution is -2.55. The molecule has 3 rings (SSSR count). The Hall–Kier alpha value is -1.54. The molecule has 3 N–H and O–H groups in total. The molecule has 0 aliphatic carbocycles. The molecule has 0 bridgehead atoms. The van der Waals surface area contributed by atoms with E-state index in [2.05, 4.69) is 10.2 Å². The highest BCUT2D eigenvalue weighted by Gasteiger charge is 2.32. The molecule has 2 aliphatic heterocycles. The van der Waals surface area contributed by atoms with Crippen molar-refractivity contribution in [2.45, 2.75) is 51.4 Å². The van der Waals surface area contributed by atoms with Gasteiger partial charge in [0.1, 0.15) is 5.75 Å². The van der Waals surface area contributed by atoms with E-state index in [1.807, 2.05) is 13.8 Å². The summed E-state index contributed by atoms with van der Waals surface area (Å²) in [6, 6.07) is 1.53. The predicted molar refractivity (Wildman–Crippen MR) is 114 cm³/mol. The topological polar surface area (TPSA) is 86.1 Å². The smallest absolute Gasteiger partial charge is 0.255 e. The van der Waals surface area contributed by atoms with Gasteiger partial charge in [-0.15, -0.1) is 0 Å². The molecule has 1 fully saturated rings. The molecule has 2 aliphatic rings. The Morgan fingerprint density at radius 2 is 2.28 bits per heavy atom. The minimum atomic E-state index is -0.198. The zero-order chi connectivity index (χ0) is 21.0. The second-order valence-electron chi connectivity index (χ2n) is 7.94. The number of carbonyl (C=O) groups excluding carboxylic acids is 1. The molecule has 0 aromatic heterocycles. The first-order chi connectivity index (χ1) is 13.9. The molecule has 1 aromatic rings. The zero-order valence-electron chi connectivity index (χ0n) is 17.5. The molecule has 0 unspecified atom stereocenters. The lowest BCUT2D eigenvalue weighted by atomic mass is 10.00. The first-order valence-electron chi connectivity index (χ1n) is 10.3. The van der Waals surface area contributed by atoms with E-state index in [9.17, 15) is 4.79 Å². The van der Waals surface area contributed by atoms with Crippen LogP contribution in [-0.4, -0.2) is 69.0 Å². The number of halogens is 1. The fourth-order valence-corrected chi connectivity index (χ4v) is 4.20. The predicted octanol–water partition coefficient (Wildman–Crippen LogP) is 2.49. The van der Waals surface area contributed by atoms with Crippen molar-refractivity contribution in [2.24, 2.45) is 0 Å². The van der Waals surface area contributed by atoms with Crippen molar-refractivity contribution in [3.8, 4) is 5.75 Å². The maximum atomic E-state index is 13.0. The van der Waals surface area contributed by atoms with Gasteiger partial charge in [-0.05, 0) is 32.8 Å². The number of rotatable bonds is 8. The number of carbonyl (C=O) groups is 1. The number of amides is 1. The number of benzene rings is 1. The average Bonchev–Trinajstić information content (AvgIpc) is 3.18. The largest absolute Gasteiger partial charge is 0.492 e. The van der Waals surface area contributed by atoms with Crippen molar-refractivity contribution in [1.82, 2.24) is 10.2 Å². The van der Waals surface area contributed by atoms with Gasteiger partial charge < -0.3 is 30.2 Å². The number of nitrogens with zero attached hydrogens (tertiary/aromatic N) is 1. The Bertz CT molecular complexity index is 728. The third-order valence-corrected chi connectivity index (χ3v) is 5.86. The molecule has 162 valence electrons. The minimum absolute atomic E-state index is 0.0657. The van der Waals surface area contributed by atoms with Crippen LogP contribution in [-0.2, 0) is 15.9 Å². The summed E-state index contributed by atoms with van der Waals surface area (Å²) in [6.45, 7) is 8.01. The van der Waals surface area contributed by atoms with Crippen molar-refractivity contribution in [2.75, 3.05) is 45.7 Å². The average molecular weight is 426 g/mol. The molecule has 2 heterocycles. The summed E-state index contributed by atoms with van der Waals surface area (Å²) in [5, 5.41) is 3.51. The van der Waals surface area contributed by atoms with Gasteiger partial charge in [-0.1, -0.05) is 11.6 Å². The van der Waals surface area contributed by atoms with E-state index in [-0.39, 0.29) is 24.2 Å². The molecule has 2 atom stereocenters. The number of ether oxygens (including phenoxy) is 3. The zero-order valence-corrected chi connectivity index (χ0v) is 18.3. The number of nitrogen functional groups attached to an aromatic ring is 1. The number of nitrogens with one attached hydrogen (secondary N) is 1. The van der Waals surface area contributed by atoms with Gasteiger partial charge in [-0.25, -0.2) is 0 Å². The minimum Gasteiger partial charge on any atom is -0.492 e. The van der Waals surface area contributed by atoms with Gasteiger partial charge in [-0.3, -0.25) is 4.79 Å². The van der Waals surface area contributed by atoms with E-state index in [1.54, 1.807) is 13.2 Å². The van der Waals surface area contributed by atoms with Crippen LogP contribution in [0.5, 0.6) is 5.75 Å². The van der Waals surface area contributed by atoms with E-state index in [0.29, 0.717) is 35.1 Å². The van der Waals surface area contributed by atoms with Gasteiger partial charge in [0, 0.05) is 45.3 Å². The van der Waals surface area contributed by atoms with Crippen LogP contribution < -0.4 is 15.8 Å². The number of likely N-dealkylation sites (tertiary alicyclic amines) is 1. The van der Waals surface area contributed by atoms with E-state index in [1.165, 1.54) is 0 Å².